The molecule has 1 heterocycles. The zero-order valence-corrected chi connectivity index (χ0v) is 12.0. The monoisotopic (exact) mass is 266 g/mol. The van der Waals surface area contributed by atoms with Gasteiger partial charge in [-0.3, -0.25) is 14.8 Å². The fourth-order valence-electron chi connectivity index (χ4n) is 2.25. The summed E-state index contributed by atoms with van der Waals surface area (Å²) in [5, 5.41) is 10.8. The summed E-state index contributed by atoms with van der Waals surface area (Å²) in [5.41, 5.74) is -0.319. The van der Waals surface area contributed by atoms with Crippen molar-refractivity contribution in [1.29, 1.82) is 0 Å². The number of aliphatic hydroxyl groups is 1. The molecule has 19 heavy (non-hydrogen) atoms. The van der Waals surface area contributed by atoms with Gasteiger partial charge in [-0.05, 0) is 20.3 Å². The standard InChI is InChI=1S/C14H22N2O3/c1-5-6-7-11(13(17)19-4)14(3,18)12-10(2)15-8-9-16-12/h8-9,11,18H,5-7H2,1-4H3. The third-order valence-electron chi connectivity index (χ3n) is 3.37. The van der Waals surface area contributed by atoms with Crippen LogP contribution in [0.2, 0.25) is 0 Å². The molecule has 106 valence electrons. The molecule has 0 fully saturated rings. The van der Waals surface area contributed by atoms with Crippen molar-refractivity contribution in [2.45, 2.75) is 45.6 Å². The van der Waals surface area contributed by atoms with Gasteiger partial charge in [0, 0.05) is 12.4 Å². The van der Waals surface area contributed by atoms with Crippen molar-refractivity contribution in [1.82, 2.24) is 9.97 Å². The van der Waals surface area contributed by atoms with E-state index in [0.717, 1.165) is 12.8 Å². The van der Waals surface area contributed by atoms with E-state index in [9.17, 15) is 9.90 Å². The molecule has 0 bridgehead atoms. The number of aromatic nitrogens is 2. The Bertz CT molecular complexity index is 432. The quantitative estimate of drug-likeness (QED) is 0.797. The number of unbranched alkanes of at least 4 members (excludes halogenated alkanes) is 1. The normalized spacial score (nSPS) is 15.6. The summed E-state index contributed by atoms with van der Waals surface area (Å²) < 4.78 is 4.81. The van der Waals surface area contributed by atoms with Crippen LogP contribution in [0.15, 0.2) is 12.4 Å². The number of nitrogens with zero attached hydrogens (tertiary/aromatic N) is 2. The molecule has 5 nitrogen and oxygen atoms in total. The number of methoxy groups -OCH3 is 1. The molecular weight excluding hydrogens is 244 g/mol. The fourth-order valence-corrected chi connectivity index (χ4v) is 2.25. The molecule has 0 amide bonds. The van der Waals surface area contributed by atoms with Crippen LogP contribution in [-0.2, 0) is 15.1 Å². The first-order valence-corrected chi connectivity index (χ1v) is 6.53. The smallest absolute Gasteiger partial charge is 0.312 e. The summed E-state index contributed by atoms with van der Waals surface area (Å²) in [5.74, 6) is -1.05. The average Bonchev–Trinajstić information content (AvgIpc) is 2.38. The number of esters is 1. The molecule has 1 rings (SSSR count). The van der Waals surface area contributed by atoms with Gasteiger partial charge in [-0.25, -0.2) is 0 Å². The van der Waals surface area contributed by atoms with E-state index in [2.05, 4.69) is 9.97 Å². The predicted octanol–water partition coefficient (Wildman–Crippen LogP) is 1.97. The molecule has 1 N–H and O–H groups in total. The Hall–Kier alpha value is -1.49. The van der Waals surface area contributed by atoms with E-state index in [1.54, 1.807) is 20.0 Å². The highest BCUT2D eigenvalue weighted by Gasteiger charge is 2.41. The Morgan fingerprint density at radius 3 is 2.63 bits per heavy atom. The summed E-state index contributed by atoms with van der Waals surface area (Å²) in [6.07, 6.45) is 5.43. The van der Waals surface area contributed by atoms with E-state index < -0.39 is 17.5 Å². The average molecular weight is 266 g/mol. The highest BCUT2D eigenvalue weighted by atomic mass is 16.5. The SMILES string of the molecule is CCCCC(C(=O)OC)C(C)(O)c1nccnc1C. The molecule has 2 unspecified atom stereocenters. The van der Waals surface area contributed by atoms with Crippen molar-refractivity contribution in [3.05, 3.63) is 23.8 Å². The minimum atomic E-state index is -1.37. The van der Waals surface area contributed by atoms with Gasteiger partial charge < -0.3 is 9.84 Å². The van der Waals surface area contributed by atoms with E-state index in [0.29, 0.717) is 17.8 Å². The second kappa shape index (κ2) is 6.61. The summed E-state index contributed by atoms with van der Waals surface area (Å²) in [6.45, 7) is 5.41. The Balaban J connectivity index is 3.11. The predicted molar refractivity (Wildman–Crippen MR) is 71.4 cm³/mol. The Morgan fingerprint density at radius 2 is 2.11 bits per heavy atom. The highest BCUT2D eigenvalue weighted by molar-refractivity contribution is 5.74. The topological polar surface area (TPSA) is 72.3 Å². The van der Waals surface area contributed by atoms with Gasteiger partial charge in [0.05, 0.1) is 24.4 Å². The molecule has 1 aromatic heterocycles. The second-order valence-electron chi connectivity index (χ2n) is 4.86. The Labute approximate surface area is 114 Å². The molecule has 0 saturated heterocycles. The van der Waals surface area contributed by atoms with Crippen molar-refractivity contribution in [2.75, 3.05) is 7.11 Å². The van der Waals surface area contributed by atoms with Gasteiger partial charge in [-0.2, -0.15) is 0 Å². The van der Waals surface area contributed by atoms with E-state index in [4.69, 9.17) is 4.74 Å². The number of hydrogen-bond acceptors (Lipinski definition) is 5. The lowest BCUT2D eigenvalue weighted by Gasteiger charge is -2.31. The first-order chi connectivity index (χ1) is 8.95. The second-order valence-corrected chi connectivity index (χ2v) is 4.86. The molecule has 0 aliphatic heterocycles. The van der Waals surface area contributed by atoms with Crippen molar-refractivity contribution in [3.8, 4) is 0 Å². The number of rotatable bonds is 6. The van der Waals surface area contributed by atoms with Crippen LogP contribution < -0.4 is 0 Å². The zero-order valence-electron chi connectivity index (χ0n) is 12.0. The van der Waals surface area contributed by atoms with E-state index in [-0.39, 0.29) is 0 Å². The molecule has 0 aliphatic carbocycles. The van der Waals surface area contributed by atoms with E-state index in [1.807, 2.05) is 6.92 Å². The molecule has 2 atom stereocenters. The summed E-state index contributed by atoms with van der Waals surface area (Å²) in [6, 6.07) is 0. The number of aryl methyl sites for hydroxylation is 1. The van der Waals surface area contributed by atoms with Crippen LogP contribution >= 0.6 is 0 Å². The zero-order chi connectivity index (χ0) is 14.5. The molecule has 0 aliphatic rings. The van der Waals surface area contributed by atoms with Crippen LogP contribution in [0, 0.1) is 12.8 Å². The number of ether oxygens (including phenoxy) is 1. The van der Waals surface area contributed by atoms with Gasteiger partial charge in [0.25, 0.3) is 0 Å². The maximum atomic E-state index is 11.9. The van der Waals surface area contributed by atoms with Gasteiger partial charge in [0.15, 0.2) is 0 Å². The molecule has 0 aromatic carbocycles. The molecule has 0 spiro atoms. The molecule has 0 saturated carbocycles. The van der Waals surface area contributed by atoms with E-state index in [1.165, 1.54) is 13.3 Å². The van der Waals surface area contributed by atoms with Crippen LogP contribution in [0.5, 0.6) is 0 Å². The largest absolute Gasteiger partial charge is 0.469 e. The fraction of sp³-hybridized carbons (Fsp3) is 0.643. The maximum absolute atomic E-state index is 11.9. The van der Waals surface area contributed by atoms with Crippen molar-refractivity contribution in [2.24, 2.45) is 5.92 Å². The third-order valence-corrected chi connectivity index (χ3v) is 3.37. The molecular formula is C14H22N2O3. The van der Waals surface area contributed by atoms with Gasteiger partial charge in [-0.1, -0.05) is 19.8 Å². The van der Waals surface area contributed by atoms with E-state index >= 15 is 0 Å². The minimum absolute atomic E-state index is 0.413. The summed E-state index contributed by atoms with van der Waals surface area (Å²) >= 11 is 0. The van der Waals surface area contributed by atoms with Crippen LogP contribution in [0.4, 0.5) is 0 Å². The minimum Gasteiger partial charge on any atom is -0.469 e. The molecule has 5 heteroatoms. The Kier molecular flexibility index (Phi) is 5.42. The maximum Gasteiger partial charge on any atom is 0.312 e. The third kappa shape index (κ3) is 3.50. The number of carbonyl (C=O) groups excluding carboxylic acids is 1. The van der Waals surface area contributed by atoms with Crippen molar-refractivity contribution < 1.29 is 14.6 Å². The van der Waals surface area contributed by atoms with Gasteiger partial charge in [0.1, 0.15) is 5.60 Å². The lowest BCUT2D eigenvalue weighted by Crippen LogP contribution is -2.39. The van der Waals surface area contributed by atoms with Crippen molar-refractivity contribution >= 4 is 5.97 Å². The molecule has 1 aromatic rings. The van der Waals surface area contributed by atoms with Crippen LogP contribution in [0.1, 0.15) is 44.5 Å². The van der Waals surface area contributed by atoms with Gasteiger partial charge >= 0.3 is 5.97 Å². The van der Waals surface area contributed by atoms with Crippen LogP contribution in [0.3, 0.4) is 0 Å². The summed E-state index contributed by atoms with van der Waals surface area (Å²) in [7, 11) is 1.33. The van der Waals surface area contributed by atoms with Crippen molar-refractivity contribution in [3.63, 3.8) is 0 Å². The number of hydrogen-bond donors (Lipinski definition) is 1. The number of carbonyl (C=O) groups is 1. The lowest BCUT2D eigenvalue weighted by atomic mass is 9.82. The Morgan fingerprint density at radius 1 is 1.47 bits per heavy atom. The summed E-state index contributed by atoms with van der Waals surface area (Å²) in [4.78, 5) is 20.2. The highest BCUT2D eigenvalue weighted by Crippen LogP contribution is 2.33. The van der Waals surface area contributed by atoms with Crippen LogP contribution in [0.25, 0.3) is 0 Å². The van der Waals surface area contributed by atoms with Crippen LogP contribution in [-0.4, -0.2) is 28.2 Å². The first-order valence-electron chi connectivity index (χ1n) is 6.53. The van der Waals surface area contributed by atoms with Gasteiger partial charge in [-0.15, -0.1) is 0 Å². The van der Waals surface area contributed by atoms with Gasteiger partial charge in [0.2, 0.25) is 0 Å². The lowest BCUT2D eigenvalue weighted by molar-refractivity contribution is -0.156. The molecule has 0 radical (unpaired) electrons. The first kappa shape index (κ1) is 15.6.